The average Bonchev–Trinajstić information content (AvgIpc) is 1.68. The van der Waals surface area contributed by atoms with Crippen LogP contribution in [0.15, 0.2) is 0 Å². The van der Waals surface area contributed by atoms with Crippen molar-refractivity contribution < 1.29 is 0 Å². The lowest BCUT2D eigenvalue weighted by Gasteiger charge is -2.06. The van der Waals surface area contributed by atoms with Gasteiger partial charge in [0.15, 0.2) is 0 Å². The highest BCUT2D eigenvalue weighted by Crippen LogP contribution is 2.13. The fraction of sp³-hybridized carbons (Fsp3) is 1.00. The van der Waals surface area contributed by atoms with E-state index >= 15 is 0 Å². The molecule has 0 fully saturated rings. The third-order valence-corrected chi connectivity index (χ3v) is 1.20. The van der Waals surface area contributed by atoms with Gasteiger partial charge >= 0.3 is 0 Å². The fourth-order valence-corrected chi connectivity index (χ4v) is 0.729. The highest BCUT2D eigenvalue weighted by Gasteiger charge is 1.95. The summed E-state index contributed by atoms with van der Waals surface area (Å²) in [5, 5.41) is 0. The van der Waals surface area contributed by atoms with Gasteiger partial charge in [-0.1, -0.05) is 38.3 Å². The molecule has 0 nitrogen and oxygen atoms in total. The average molecular weight is 106 g/mol. The maximum Gasteiger partial charge on any atom is 0.0699 e. The normalized spacial score (nSPS) is 13.6. The Labute approximate surface area is 54.9 Å². The number of hydrogen-bond donors (Lipinski definition) is 0. The second-order valence-corrected chi connectivity index (χ2v) is 2.13. The molecule has 1 atom stereocenters. The van der Waals surface area contributed by atoms with Crippen molar-refractivity contribution in [1.82, 2.24) is 0 Å². The van der Waals surface area contributed by atoms with E-state index in [2.05, 4.69) is 6.92 Å². The van der Waals surface area contributed by atoms with Crippen molar-refractivity contribution in [2.24, 2.45) is 0 Å². The molecule has 0 spiro atoms. The lowest BCUT2D eigenvalue weighted by Crippen LogP contribution is -1.90. The van der Waals surface area contributed by atoms with Crippen LogP contribution in [0.4, 0.5) is 0 Å². The van der Waals surface area contributed by atoms with Crippen LogP contribution in [0, 0.1) is 0 Å². The quantitative estimate of drug-likeness (QED) is 0.478. The van der Waals surface area contributed by atoms with E-state index in [1.807, 2.05) is 0 Å². The molecule has 0 rings (SSSR count). The minimum absolute atomic E-state index is 0.338. The van der Waals surface area contributed by atoms with Crippen molar-refractivity contribution in [3.05, 3.63) is 0 Å². The molecule has 0 bridgehead atoms. The molecule has 0 aromatic rings. The Morgan fingerprint density at radius 2 is 2.00 bits per heavy atom. The lowest BCUT2D eigenvalue weighted by molar-refractivity contribution is 0.699. The zero-order valence-corrected chi connectivity index (χ0v) is 5.56. The van der Waals surface area contributed by atoms with Crippen molar-refractivity contribution >= 4 is 15.7 Å². The molecule has 0 N–H and O–H groups in total. The van der Waals surface area contributed by atoms with Crippen LogP contribution in [0.5, 0.6) is 0 Å². The zero-order valence-electron chi connectivity index (χ0n) is 5.56. The van der Waals surface area contributed by atoms with Crippen LogP contribution in [-0.4, -0.2) is 15.7 Å². The zero-order chi connectivity index (χ0) is 6.41. The van der Waals surface area contributed by atoms with Gasteiger partial charge in [0.25, 0.3) is 0 Å². The first-order valence-electron chi connectivity index (χ1n) is 3.27. The van der Waals surface area contributed by atoms with Crippen LogP contribution in [-0.2, 0) is 0 Å². The Morgan fingerprint density at radius 1 is 1.38 bits per heavy atom. The Hall–Kier alpha value is 0.130. The van der Waals surface area contributed by atoms with E-state index in [-0.39, 0.29) is 0 Å². The molecular weight excluding hydrogens is 93.7 g/mol. The van der Waals surface area contributed by atoms with Gasteiger partial charge in [-0.15, -0.1) is 0 Å². The summed E-state index contributed by atoms with van der Waals surface area (Å²) in [5.41, 5.74) is 0. The van der Waals surface area contributed by atoms with E-state index in [0.717, 1.165) is 19.2 Å². The van der Waals surface area contributed by atoms with Gasteiger partial charge in [-0.3, -0.25) is 0 Å². The molecule has 4 radical (unpaired) electrons. The summed E-state index contributed by atoms with van der Waals surface area (Å²) in [6.07, 6.45) is 3.97. The monoisotopic (exact) mass is 106 g/mol. The maximum absolute atomic E-state index is 5.61. The van der Waals surface area contributed by atoms with Crippen molar-refractivity contribution in [3.8, 4) is 0 Å². The summed E-state index contributed by atoms with van der Waals surface area (Å²) in [6.45, 7) is 2.14. The molecule has 0 aliphatic heterocycles. The van der Waals surface area contributed by atoms with Crippen molar-refractivity contribution in [3.63, 3.8) is 0 Å². The first kappa shape index (κ1) is 8.13. The summed E-state index contributed by atoms with van der Waals surface area (Å²) in [4.78, 5) is 0. The molecule has 42 valence electrons. The molecule has 0 aliphatic carbocycles. The van der Waals surface area contributed by atoms with Gasteiger partial charge in [0, 0.05) is 0 Å². The Balaban J connectivity index is 2.92. The molecule has 0 aromatic carbocycles. The Kier molecular flexibility index (Phi) is 5.36. The second kappa shape index (κ2) is 5.27. The molecule has 0 heterocycles. The van der Waals surface area contributed by atoms with Gasteiger partial charge < -0.3 is 0 Å². The summed E-state index contributed by atoms with van der Waals surface area (Å²) < 4.78 is 0. The van der Waals surface area contributed by atoms with E-state index in [9.17, 15) is 0 Å². The van der Waals surface area contributed by atoms with Gasteiger partial charge in [0.05, 0.1) is 15.7 Å². The van der Waals surface area contributed by atoms with Gasteiger partial charge in [-0.05, 0) is 0 Å². The molecule has 0 saturated heterocycles. The summed E-state index contributed by atoms with van der Waals surface area (Å²) in [6, 6.07) is 0. The van der Waals surface area contributed by atoms with Crippen LogP contribution in [0.1, 0.15) is 26.2 Å². The van der Waals surface area contributed by atoms with Gasteiger partial charge in [0.2, 0.25) is 0 Å². The van der Waals surface area contributed by atoms with Crippen molar-refractivity contribution in [1.29, 1.82) is 0 Å². The molecule has 2 heteroatoms. The smallest absolute Gasteiger partial charge is 0.0699 e. The van der Waals surface area contributed by atoms with Crippen molar-refractivity contribution in [2.45, 2.75) is 38.3 Å². The first-order valence-corrected chi connectivity index (χ1v) is 3.27. The van der Waals surface area contributed by atoms with Gasteiger partial charge in [-0.25, -0.2) is 0 Å². The molecule has 0 amide bonds. The third kappa shape index (κ3) is 4.29. The topological polar surface area (TPSA) is 0 Å². The largest absolute Gasteiger partial charge is 0.0891 e. The Morgan fingerprint density at radius 3 is 2.38 bits per heavy atom. The summed E-state index contributed by atoms with van der Waals surface area (Å²) >= 11 is 0. The highest BCUT2D eigenvalue weighted by atomic mass is 13.9. The van der Waals surface area contributed by atoms with Crippen LogP contribution in [0.2, 0.25) is 12.1 Å². The maximum atomic E-state index is 5.61. The van der Waals surface area contributed by atoms with Gasteiger partial charge in [0.1, 0.15) is 0 Å². The first-order chi connectivity index (χ1) is 3.81. The van der Waals surface area contributed by atoms with Crippen molar-refractivity contribution in [2.75, 3.05) is 0 Å². The van der Waals surface area contributed by atoms with Crippen LogP contribution in [0.3, 0.4) is 0 Å². The van der Waals surface area contributed by atoms with Crippen LogP contribution in [0.25, 0.3) is 0 Å². The second-order valence-electron chi connectivity index (χ2n) is 2.13. The minimum Gasteiger partial charge on any atom is -0.0891 e. The van der Waals surface area contributed by atoms with Crippen LogP contribution >= 0.6 is 0 Å². The molecular formula is C6H12B2. The predicted octanol–water partition coefficient (Wildman–Crippen LogP) is 1.72. The third-order valence-electron chi connectivity index (χ3n) is 1.20. The minimum atomic E-state index is 0.338. The SMILES string of the molecule is [B]CCC([B])CCC. The van der Waals surface area contributed by atoms with E-state index in [4.69, 9.17) is 15.7 Å². The standard InChI is InChI=1S/C6H12B2/c1-2-3-6(8)4-5-7/h6H,2-5H2,1H3. The van der Waals surface area contributed by atoms with Gasteiger partial charge in [-0.2, -0.15) is 0 Å². The summed E-state index contributed by atoms with van der Waals surface area (Å²) in [5.74, 6) is 0.338. The molecule has 1 unspecified atom stereocenters. The van der Waals surface area contributed by atoms with E-state index in [1.54, 1.807) is 0 Å². The molecule has 0 aromatic heterocycles. The van der Waals surface area contributed by atoms with Crippen LogP contribution < -0.4 is 0 Å². The highest BCUT2D eigenvalue weighted by molar-refractivity contribution is 6.13. The number of rotatable bonds is 4. The molecule has 0 saturated carbocycles. The fourth-order valence-electron chi connectivity index (χ4n) is 0.729. The van der Waals surface area contributed by atoms with E-state index < -0.39 is 0 Å². The lowest BCUT2D eigenvalue weighted by atomic mass is 9.77. The van der Waals surface area contributed by atoms with E-state index in [0.29, 0.717) is 5.82 Å². The van der Waals surface area contributed by atoms with E-state index in [1.165, 1.54) is 6.42 Å². The Bertz CT molecular complexity index is 39.8. The predicted molar refractivity (Wildman–Crippen MR) is 39.6 cm³/mol. The molecule has 0 aliphatic rings. The molecule has 8 heavy (non-hydrogen) atoms. The number of hydrogen-bond acceptors (Lipinski definition) is 0. The summed E-state index contributed by atoms with van der Waals surface area (Å²) in [7, 11) is 10.9.